The first-order valence-electron chi connectivity index (χ1n) is 7.17. The third kappa shape index (κ3) is 2.62. The van der Waals surface area contributed by atoms with Gasteiger partial charge in [-0.2, -0.15) is 5.10 Å². The second kappa shape index (κ2) is 5.77. The molecule has 0 spiro atoms. The van der Waals surface area contributed by atoms with E-state index in [2.05, 4.69) is 29.4 Å². The summed E-state index contributed by atoms with van der Waals surface area (Å²) in [7, 11) is 0. The summed E-state index contributed by atoms with van der Waals surface area (Å²) >= 11 is 0. The average Bonchev–Trinajstić information content (AvgIpc) is 2.95. The van der Waals surface area contributed by atoms with E-state index in [1.807, 2.05) is 17.8 Å². The second-order valence-electron chi connectivity index (χ2n) is 5.23. The molecule has 20 heavy (non-hydrogen) atoms. The molecular formula is C16H20N2O2. The van der Waals surface area contributed by atoms with Gasteiger partial charge in [-0.15, -0.1) is 0 Å². The first-order chi connectivity index (χ1) is 9.78. The van der Waals surface area contributed by atoms with Crippen molar-refractivity contribution in [3.05, 3.63) is 53.3 Å². The highest BCUT2D eigenvalue weighted by molar-refractivity contribution is 5.30. The first-order valence-corrected chi connectivity index (χ1v) is 7.17. The van der Waals surface area contributed by atoms with Crippen molar-refractivity contribution >= 4 is 0 Å². The van der Waals surface area contributed by atoms with Crippen LogP contribution in [-0.4, -0.2) is 21.5 Å². The lowest BCUT2D eigenvalue weighted by Crippen LogP contribution is -2.20. The van der Waals surface area contributed by atoms with E-state index in [4.69, 9.17) is 4.74 Å². The summed E-state index contributed by atoms with van der Waals surface area (Å²) in [5.41, 5.74) is 3.49. The molecule has 0 radical (unpaired) electrons. The number of ether oxygens (including phenoxy) is 1. The molecule has 1 aliphatic heterocycles. The quantitative estimate of drug-likeness (QED) is 0.930. The van der Waals surface area contributed by atoms with E-state index in [9.17, 15) is 5.11 Å². The lowest BCUT2D eigenvalue weighted by Gasteiger charge is -2.25. The predicted molar refractivity (Wildman–Crippen MR) is 76.3 cm³/mol. The molecule has 4 nitrogen and oxygen atoms in total. The molecule has 0 saturated heterocycles. The van der Waals surface area contributed by atoms with E-state index in [1.165, 1.54) is 11.1 Å². The normalized spacial score (nSPS) is 19.6. The van der Waals surface area contributed by atoms with Crippen molar-refractivity contribution in [2.24, 2.45) is 0 Å². The van der Waals surface area contributed by atoms with Crippen molar-refractivity contribution in [3.63, 3.8) is 0 Å². The van der Waals surface area contributed by atoms with E-state index in [0.29, 0.717) is 13.0 Å². The van der Waals surface area contributed by atoms with Crippen molar-refractivity contribution in [2.45, 2.75) is 38.5 Å². The molecule has 2 heterocycles. The number of fused-ring (bicyclic) bond motifs is 1. The fourth-order valence-electron chi connectivity index (χ4n) is 2.69. The van der Waals surface area contributed by atoms with E-state index < -0.39 is 6.10 Å². The summed E-state index contributed by atoms with van der Waals surface area (Å²) in [6, 6.07) is 8.42. The summed E-state index contributed by atoms with van der Waals surface area (Å²) in [4.78, 5) is 0. The van der Waals surface area contributed by atoms with Crippen molar-refractivity contribution in [1.29, 1.82) is 0 Å². The molecule has 1 aliphatic rings. The lowest BCUT2D eigenvalue weighted by molar-refractivity contribution is 0.0282. The minimum atomic E-state index is -0.427. The van der Waals surface area contributed by atoms with Crippen molar-refractivity contribution in [2.75, 3.05) is 6.61 Å². The molecular weight excluding hydrogens is 252 g/mol. The van der Waals surface area contributed by atoms with Gasteiger partial charge in [0.05, 0.1) is 25.5 Å². The summed E-state index contributed by atoms with van der Waals surface area (Å²) in [6.45, 7) is 3.41. The number of benzene rings is 1. The zero-order valence-electron chi connectivity index (χ0n) is 11.7. The van der Waals surface area contributed by atoms with Crippen LogP contribution in [0, 0.1) is 0 Å². The van der Waals surface area contributed by atoms with Gasteiger partial charge in [-0.1, -0.05) is 31.2 Å². The molecule has 2 atom stereocenters. The maximum Gasteiger partial charge on any atom is 0.102 e. The highest BCUT2D eigenvalue weighted by Gasteiger charge is 2.21. The van der Waals surface area contributed by atoms with E-state index in [-0.39, 0.29) is 6.10 Å². The van der Waals surface area contributed by atoms with Gasteiger partial charge in [0.25, 0.3) is 0 Å². The lowest BCUT2D eigenvalue weighted by atomic mass is 9.98. The fourth-order valence-corrected chi connectivity index (χ4v) is 2.69. The van der Waals surface area contributed by atoms with Crippen molar-refractivity contribution in [3.8, 4) is 0 Å². The van der Waals surface area contributed by atoms with Gasteiger partial charge < -0.3 is 9.84 Å². The molecule has 2 unspecified atom stereocenters. The summed E-state index contributed by atoms with van der Waals surface area (Å²) < 4.78 is 7.74. The molecule has 3 rings (SSSR count). The third-order valence-electron chi connectivity index (χ3n) is 3.87. The second-order valence-corrected chi connectivity index (χ2v) is 5.23. The minimum absolute atomic E-state index is 0.0477. The molecule has 4 heteroatoms. The van der Waals surface area contributed by atoms with Crippen LogP contribution >= 0.6 is 0 Å². The SMILES string of the molecule is CCC(O)c1cnn(CC2OCCc3ccccc32)c1. The van der Waals surface area contributed by atoms with Gasteiger partial charge in [0.15, 0.2) is 0 Å². The third-order valence-corrected chi connectivity index (χ3v) is 3.87. The first kappa shape index (κ1) is 13.3. The summed E-state index contributed by atoms with van der Waals surface area (Å²) in [6.07, 6.45) is 4.95. The topological polar surface area (TPSA) is 47.3 Å². The Hall–Kier alpha value is -1.65. The van der Waals surface area contributed by atoms with Gasteiger partial charge in [-0.3, -0.25) is 4.68 Å². The molecule has 0 saturated carbocycles. The smallest absolute Gasteiger partial charge is 0.102 e. The Labute approximate surface area is 119 Å². The van der Waals surface area contributed by atoms with Crippen LogP contribution < -0.4 is 0 Å². The van der Waals surface area contributed by atoms with Gasteiger partial charge in [0.2, 0.25) is 0 Å². The van der Waals surface area contributed by atoms with Gasteiger partial charge >= 0.3 is 0 Å². The number of aromatic nitrogens is 2. The molecule has 1 aromatic heterocycles. The van der Waals surface area contributed by atoms with Gasteiger partial charge in [0, 0.05) is 11.8 Å². The van der Waals surface area contributed by atoms with Crippen LogP contribution in [0.25, 0.3) is 0 Å². The maximum absolute atomic E-state index is 9.82. The monoisotopic (exact) mass is 272 g/mol. The highest BCUT2D eigenvalue weighted by atomic mass is 16.5. The molecule has 0 fully saturated rings. The van der Waals surface area contributed by atoms with E-state index >= 15 is 0 Å². The standard InChI is InChI=1S/C16H20N2O2/c1-2-15(19)13-9-17-18(10-13)11-16-14-6-4-3-5-12(14)7-8-20-16/h3-6,9-10,15-16,19H,2,7-8,11H2,1H3. The Bertz CT molecular complexity index is 579. The zero-order valence-corrected chi connectivity index (χ0v) is 11.7. The Morgan fingerprint density at radius 1 is 1.45 bits per heavy atom. The molecule has 1 N–H and O–H groups in total. The van der Waals surface area contributed by atoms with Crippen LogP contribution in [0.5, 0.6) is 0 Å². The summed E-state index contributed by atoms with van der Waals surface area (Å²) in [5.74, 6) is 0. The van der Waals surface area contributed by atoms with Crippen LogP contribution in [0.1, 0.15) is 42.2 Å². The molecule has 0 amide bonds. The van der Waals surface area contributed by atoms with E-state index in [1.54, 1.807) is 6.20 Å². The zero-order chi connectivity index (χ0) is 13.9. The highest BCUT2D eigenvalue weighted by Crippen LogP contribution is 2.28. The van der Waals surface area contributed by atoms with Gasteiger partial charge in [0.1, 0.15) is 6.10 Å². The van der Waals surface area contributed by atoms with Gasteiger partial charge in [-0.05, 0) is 24.0 Å². The Kier molecular flexibility index (Phi) is 3.85. The molecule has 0 aliphatic carbocycles. The van der Waals surface area contributed by atoms with Crippen LogP contribution in [0.15, 0.2) is 36.7 Å². The van der Waals surface area contributed by atoms with Crippen LogP contribution in [0.3, 0.4) is 0 Å². The largest absolute Gasteiger partial charge is 0.388 e. The number of hydrogen-bond acceptors (Lipinski definition) is 3. The predicted octanol–water partition coefficient (Wildman–Crippen LogP) is 2.64. The molecule has 0 bridgehead atoms. The number of rotatable bonds is 4. The average molecular weight is 272 g/mol. The van der Waals surface area contributed by atoms with Crippen LogP contribution in [0.2, 0.25) is 0 Å². The van der Waals surface area contributed by atoms with Crippen molar-refractivity contribution in [1.82, 2.24) is 9.78 Å². The van der Waals surface area contributed by atoms with Crippen LogP contribution in [-0.2, 0) is 17.7 Å². The van der Waals surface area contributed by atoms with Crippen molar-refractivity contribution < 1.29 is 9.84 Å². The van der Waals surface area contributed by atoms with Gasteiger partial charge in [-0.25, -0.2) is 0 Å². The summed E-state index contributed by atoms with van der Waals surface area (Å²) in [5, 5.41) is 14.2. The fraction of sp³-hybridized carbons (Fsp3) is 0.438. The Morgan fingerprint density at radius 3 is 3.15 bits per heavy atom. The van der Waals surface area contributed by atoms with Crippen LogP contribution in [0.4, 0.5) is 0 Å². The maximum atomic E-state index is 9.82. The molecule has 1 aromatic carbocycles. The molecule has 106 valence electrons. The minimum Gasteiger partial charge on any atom is -0.388 e. The number of aliphatic hydroxyl groups excluding tert-OH is 1. The van der Waals surface area contributed by atoms with E-state index in [0.717, 1.165) is 18.6 Å². The number of nitrogens with zero attached hydrogens (tertiary/aromatic N) is 2. The molecule has 2 aromatic rings. The Morgan fingerprint density at radius 2 is 2.30 bits per heavy atom. The number of aliphatic hydroxyl groups is 1. The number of hydrogen-bond donors (Lipinski definition) is 1. The Balaban J connectivity index is 1.77.